The van der Waals surface area contributed by atoms with Gasteiger partial charge in [-0.25, -0.2) is 28.1 Å². The van der Waals surface area contributed by atoms with Gasteiger partial charge in [-0.2, -0.15) is 20.7 Å². The van der Waals surface area contributed by atoms with E-state index in [1.165, 1.54) is 45.8 Å². The second-order valence-corrected chi connectivity index (χ2v) is 15.6. The summed E-state index contributed by atoms with van der Waals surface area (Å²) in [5, 5.41) is 72.9. The van der Waals surface area contributed by atoms with Gasteiger partial charge in [-0.3, -0.25) is 9.59 Å². The van der Waals surface area contributed by atoms with E-state index in [1.54, 1.807) is 36.7 Å². The molecular formula is C44H38F2N12O6. The molecule has 6 N–H and O–H groups in total. The van der Waals surface area contributed by atoms with E-state index in [9.17, 15) is 49.3 Å². The van der Waals surface area contributed by atoms with E-state index in [4.69, 9.17) is 0 Å². The number of pyridine rings is 2. The lowest BCUT2D eigenvalue weighted by Gasteiger charge is -2.33. The number of benzene rings is 2. The van der Waals surface area contributed by atoms with Crippen molar-refractivity contribution in [3.8, 4) is 46.0 Å². The van der Waals surface area contributed by atoms with Gasteiger partial charge in [0.05, 0.1) is 117 Å². The van der Waals surface area contributed by atoms with Crippen LogP contribution in [-0.2, 0) is 13.1 Å². The number of amides is 2. The van der Waals surface area contributed by atoms with Crippen LogP contribution >= 0.6 is 0 Å². The van der Waals surface area contributed by atoms with Crippen molar-refractivity contribution in [1.82, 2.24) is 40.2 Å². The first-order valence-corrected chi connectivity index (χ1v) is 20.3. The topological polar surface area (TPSA) is 255 Å². The maximum Gasteiger partial charge on any atom is 0.255 e. The number of hydrogen-bond donors (Lipinski definition) is 6. The third-order valence-corrected chi connectivity index (χ3v) is 11.6. The minimum absolute atomic E-state index is 0.0684. The van der Waals surface area contributed by atoms with E-state index >= 15 is 0 Å². The maximum atomic E-state index is 14.7. The smallest absolute Gasteiger partial charge is 0.255 e. The summed E-state index contributed by atoms with van der Waals surface area (Å²) < 4.78 is 32.3. The summed E-state index contributed by atoms with van der Waals surface area (Å²) >= 11 is 0. The third kappa shape index (κ3) is 7.64. The molecule has 18 nitrogen and oxygen atoms in total. The highest BCUT2D eigenvalue weighted by atomic mass is 19.1. The number of halogens is 2. The molecule has 2 fully saturated rings. The normalized spacial score (nSPS) is 20.1. The van der Waals surface area contributed by atoms with Gasteiger partial charge in [-0.05, 0) is 49.2 Å². The Balaban J connectivity index is 0.000000162. The van der Waals surface area contributed by atoms with Crippen molar-refractivity contribution < 1.29 is 38.8 Å². The fourth-order valence-corrected chi connectivity index (χ4v) is 8.28. The Morgan fingerprint density at radius 2 is 1.03 bits per heavy atom. The molecule has 0 saturated carbocycles. The number of nitrogens with zero attached hydrogens (tertiary/aromatic N) is 10. The van der Waals surface area contributed by atoms with Gasteiger partial charge in [-0.1, -0.05) is 12.1 Å². The summed E-state index contributed by atoms with van der Waals surface area (Å²) in [6.07, 6.45) is 0.889. The van der Waals surface area contributed by atoms with Crippen molar-refractivity contribution in [2.75, 3.05) is 36.0 Å². The lowest BCUT2D eigenvalue weighted by molar-refractivity contribution is 0.00785. The van der Waals surface area contributed by atoms with Gasteiger partial charge in [0.15, 0.2) is 11.6 Å². The molecule has 4 aliphatic rings. The van der Waals surface area contributed by atoms with E-state index in [1.807, 2.05) is 21.9 Å². The van der Waals surface area contributed by atoms with Gasteiger partial charge in [0.1, 0.15) is 11.6 Å². The highest BCUT2D eigenvalue weighted by Gasteiger charge is 2.32. The second-order valence-electron chi connectivity index (χ2n) is 15.6. The fraction of sp³-hybridized carbons (Fsp3) is 0.273. The van der Waals surface area contributed by atoms with Gasteiger partial charge in [-0.15, -0.1) is 0 Å². The lowest BCUT2D eigenvalue weighted by atomic mass is 10.0. The summed E-state index contributed by atoms with van der Waals surface area (Å²) in [5.74, 6) is -0.632. The molecule has 324 valence electrons. The van der Waals surface area contributed by atoms with Crippen molar-refractivity contribution in [2.24, 2.45) is 0 Å². The number of carbonyl (C=O) groups excluding carboxylic acids is 2. The van der Waals surface area contributed by atoms with Crippen LogP contribution in [0.5, 0.6) is 0 Å². The van der Waals surface area contributed by atoms with Gasteiger partial charge in [0, 0.05) is 50.7 Å². The molecule has 64 heavy (non-hydrogen) atoms. The van der Waals surface area contributed by atoms with E-state index < -0.39 is 36.1 Å². The number of aromatic nitrogens is 6. The number of nitriles is 2. The molecule has 6 aromatic rings. The molecule has 8 heterocycles. The number of nitrogens with one attached hydrogen (secondary N) is 2. The Morgan fingerprint density at radius 1 is 0.609 bits per heavy atom. The van der Waals surface area contributed by atoms with Gasteiger partial charge < -0.3 is 40.9 Å². The molecule has 2 amide bonds. The monoisotopic (exact) mass is 868 g/mol. The minimum atomic E-state index is -0.873. The largest absolute Gasteiger partial charge is 0.390 e. The predicted octanol–water partition coefficient (Wildman–Crippen LogP) is 2.24. The predicted molar refractivity (Wildman–Crippen MR) is 223 cm³/mol. The van der Waals surface area contributed by atoms with Crippen molar-refractivity contribution in [3.05, 3.63) is 118 Å². The van der Waals surface area contributed by atoms with Crippen LogP contribution < -0.4 is 20.4 Å². The van der Waals surface area contributed by atoms with Crippen LogP contribution in [0.4, 0.5) is 20.4 Å². The molecule has 4 aliphatic heterocycles. The molecule has 0 unspecified atom stereocenters. The van der Waals surface area contributed by atoms with Crippen LogP contribution in [0.1, 0.15) is 56.1 Å². The standard InChI is InChI=1S/2C22H19FN6O3/c2*23-13-3-1-2-12(9-24)20(13)14-8-16(21-15(26-14)10-25-22(21)32)29-7-5-19(27-29)28-6-4-17(30)18(31)11-28/h2*1-3,5,7-8,17-18,30-31H,4,6,10-11H2,(H,25,32)/t2*17-,18+/m10/s1. The van der Waals surface area contributed by atoms with Crippen LogP contribution in [0.25, 0.3) is 33.9 Å². The third-order valence-electron chi connectivity index (χ3n) is 11.6. The van der Waals surface area contributed by atoms with Crippen LogP contribution in [0, 0.1) is 34.3 Å². The second kappa shape index (κ2) is 16.9. The van der Waals surface area contributed by atoms with Crippen LogP contribution in [0.15, 0.2) is 73.1 Å². The van der Waals surface area contributed by atoms with E-state index in [0.29, 0.717) is 71.5 Å². The molecule has 2 saturated heterocycles. The molecule has 0 radical (unpaired) electrons. The zero-order chi connectivity index (χ0) is 44.8. The Morgan fingerprint density at radius 3 is 1.42 bits per heavy atom. The quantitative estimate of drug-likeness (QED) is 0.141. The SMILES string of the molecule is N#Cc1cccc(F)c1-c1cc(-n2ccc(N3CC[C@@H](O)[C@@H](O)C3)n2)c2c(n1)CNC2=O.N#Cc1cccc(F)c1-c1cc(-n2ccc(N3CC[C@H](O)[C@H](O)C3)n2)c2c(n1)CNC2=O. The average Bonchev–Trinajstić information content (AvgIpc) is 4.13. The summed E-state index contributed by atoms with van der Waals surface area (Å²) in [6, 6.07) is 19.0. The Bertz CT molecular complexity index is 2730. The molecule has 2 aromatic carbocycles. The average molecular weight is 869 g/mol. The zero-order valence-corrected chi connectivity index (χ0v) is 33.7. The highest BCUT2D eigenvalue weighted by molar-refractivity contribution is 6.02. The Kier molecular flexibility index (Phi) is 11.0. The Hall–Kier alpha value is -7.62. The van der Waals surface area contributed by atoms with Crippen molar-refractivity contribution in [2.45, 2.75) is 50.3 Å². The fourth-order valence-electron chi connectivity index (χ4n) is 8.28. The van der Waals surface area contributed by atoms with Crippen LogP contribution in [-0.4, -0.2) is 112 Å². The molecule has 10 rings (SSSR count). The molecule has 0 aliphatic carbocycles. The maximum absolute atomic E-state index is 14.7. The van der Waals surface area contributed by atoms with E-state index in [0.717, 1.165) is 0 Å². The number of hydrogen-bond acceptors (Lipinski definition) is 14. The highest BCUT2D eigenvalue weighted by Crippen LogP contribution is 2.34. The zero-order valence-electron chi connectivity index (χ0n) is 33.7. The lowest BCUT2D eigenvalue weighted by Crippen LogP contribution is -2.46. The van der Waals surface area contributed by atoms with Crippen molar-refractivity contribution in [1.29, 1.82) is 10.5 Å². The first-order valence-electron chi connectivity index (χ1n) is 20.3. The van der Waals surface area contributed by atoms with E-state index in [-0.39, 0.29) is 71.6 Å². The van der Waals surface area contributed by atoms with Crippen molar-refractivity contribution in [3.63, 3.8) is 0 Å². The first-order chi connectivity index (χ1) is 30.9. The van der Waals surface area contributed by atoms with Crippen LogP contribution in [0.2, 0.25) is 0 Å². The first kappa shape index (κ1) is 41.7. The molecular weight excluding hydrogens is 831 g/mol. The summed E-state index contributed by atoms with van der Waals surface area (Å²) in [4.78, 5) is 37.6. The van der Waals surface area contributed by atoms with Gasteiger partial charge in [0.25, 0.3) is 11.8 Å². The van der Waals surface area contributed by atoms with E-state index in [2.05, 4.69) is 30.8 Å². The molecule has 0 spiro atoms. The number of piperidine rings is 2. The number of anilines is 2. The number of carbonyl (C=O) groups is 2. The number of β-amino-alcohol motifs (C(OH)–C–C–N with tert-alkyl or cyclic N) is 2. The molecule has 0 bridgehead atoms. The summed E-state index contributed by atoms with van der Waals surface area (Å²) in [7, 11) is 0. The Labute approximate surface area is 362 Å². The van der Waals surface area contributed by atoms with Gasteiger partial charge in [0.2, 0.25) is 0 Å². The summed E-state index contributed by atoms with van der Waals surface area (Å²) in [6.45, 7) is 1.90. The number of aliphatic hydroxyl groups excluding tert-OH is 4. The van der Waals surface area contributed by atoms with Crippen LogP contribution in [0.3, 0.4) is 0 Å². The molecule has 4 aromatic heterocycles. The van der Waals surface area contributed by atoms with Crippen molar-refractivity contribution >= 4 is 23.5 Å². The number of rotatable bonds is 6. The molecule has 20 heteroatoms. The minimum Gasteiger partial charge on any atom is -0.390 e. The summed E-state index contributed by atoms with van der Waals surface area (Å²) in [5.41, 5.74) is 3.29. The number of aliphatic hydroxyl groups is 4. The van der Waals surface area contributed by atoms with Gasteiger partial charge >= 0.3 is 0 Å². The number of fused-ring (bicyclic) bond motifs is 2. The molecule has 4 atom stereocenters.